The Morgan fingerprint density at radius 2 is 1.66 bits per heavy atom. The fraction of sp³-hybridized carbons (Fsp3) is 0.217. The Morgan fingerprint density at radius 3 is 2.28 bits per heavy atom. The molecule has 32 heavy (non-hydrogen) atoms. The molecule has 0 atom stereocenters. The second-order valence-electron chi connectivity index (χ2n) is 7.54. The number of carbonyl (C=O) groups is 1. The molecule has 0 saturated carbocycles. The smallest absolute Gasteiger partial charge is 0.258 e. The summed E-state index contributed by atoms with van der Waals surface area (Å²) < 4.78 is 41.0. The third-order valence-corrected chi connectivity index (χ3v) is 7.26. The zero-order valence-electron chi connectivity index (χ0n) is 17.5. The van der Waals surface area contributed by atoms with E-state index in [4.69, 9.17) is 0 Å². The SMILES string of the molecule is Cc1ccc(S(=O)(=O)N2CCN(c3ccc(NC(=O)c4ccccc4F)cn3)CC2)cc1. The Balaban J connectivity index is 1.37. The first-order valence-electron chi connectivity index (χ1n) is 10.2. The van der Waals surface area contributed by atoms with Gasteiger partial charge in [-0.2, -0.15) is 4.31 Å². The maximum absolute atomic E-state index is 13.8. The lowest BCUT2D eigenvalue weighted by molar-refractivity contribution is 0.102. The van der Waals surface area contributed by atoms with Crippen LogP contribution in [0.4, 0.5) is 15.9 Å². The minimum absolute atomic E-state index is 0.0394. The molecule has 1 saturated heterocycles. The van der Waals surface area contributed by atoms with Crippen LogP contribution < -0.4 is 10.2 Å². The number of hydrogen-bond acceptors (Lipinski definition) is 5. The van der Waals surface area contributed by atoms with Crippen LogP contribution in [0.2, 0.25) is 0 Å². The van der Waals surface area contributed by atoms with Crippen molar-refractivity contribution in [1.29, 1.82) is 0 Å². The van der Waals surface area contributed by atoms with Crippen LogP contribution in [0.5, 0.6) is 0 Å². The number of piperazine rings is 1. The number of hydrogen-bond donors (Lipinski definition) is 1. The van der Waals surface area contributed by atoms with Crippen LogP contribution in [0, 0.1) is 12.7 Å². The summed E-state index contributed by atoms with van der Waals surface area (Å²) >= 11 is 0. The number of rotatable bonds is 5. The minimum Gasteiger partial charge on any atom is -0.354 e. The molecule has 1 aliphatic heterocycles. The number of aromatic nitrogens is 1. The lowest BCUT2D eigenvalue weighted by Crippen LogP contribution is -2.48. The van der Waals surface area contributed by atoms with Crippen LogP contribution in [0.15, 0.2) is 71.8 Å². The fourth-order valence-corrected chi connectivity index (χ4v) is 4.93. The summed E-state index contributed by atoms with van der Waals surface area (Å²) in [7, 11) is -3.53. The summed E-state index contributed by atoms with van der Waals surface area (Å²) in [5.41, 5.74) is 1.42. The van der Waals surface area contributed by atoms with Crippen molar-refractivity contribution in [3.05, 3.63) is 83.8 Å². The van der Waals surface area contributed by atoms with Gasteiger partial charge in [0.25, 0.3) is 5.91 Å². The first kappa shape index (κ1) is 21.9. The third kappa shape index (κ3) is 4.63. The molecule has 2 heterocycles. The van der Waals surface area contributed by atoms with E-state index in [0.29, 0.717) is 42.6 Å². The molecule has 0 bridgehead atoms. The van der Waals surface area contributed by atoms with Gasteiger partial charge < -0.3 is 10.2 Å². The van der Waals surface area contributed by atoms with Crippen molar-refractivity contribution in [2.45, 2.75) is 11.8 Å². The van der Waals surface area contributed by atoms with E-state index in [9.17, 15) is 17.6 Å². The van der Waals surface area contributed by atoms with Gasteiger partial charge in [-0.15, -0.1) is 0 Å². The first-order valence-corrected chi connectivity index (χ1v) is 11.6. The summed E-state index contributed by atoms with van der Waals surface area (Å²) in [5.74, 6) is -0.457. The van der Waals surface area contributed by atoms with Gasteiger partial charge in [-0.05, 0) is 43.3 Å². The molecule has 9 heteroatoms. The molecule has 0 radical (unpaired) electrons. The Bertz CT molecular complexity index is 1210. The highest BCUT2D eigenvalue weighted by atomic mass is 32.2. The van der Waals surface area contributed by atoms with Crippen molar-refractivity contribution in [2.24, 2.45) is 0 Å². The van der Waals surface area contributed by atoms with Gasteiger partial charge in [0.05, 0.1) is 22.3 Å². The highest BCUT2D eigenvalue weighted by Crippen LogP contribution is 2.21. The highest BCUT2D eigenvalue weighted by Gasteiger charge is 2.28. The summed E-state index contributed by atoms with van der Waals surface area (Å²) in [5, 5.41) is 2.63. The topological polar surface area (TPSA) is 82.6 Å². The van der Waals surface area contributed by atoms with E-state index in [1.807, 2.05) is 11.8 Å². The Hall–Kier alpha value is -3.30. The molecule has 4 rings (SSSR count). The van der Waals surface area contributed by atoms with Crippen LogP contribution in [0.3, 0.4) is 0 Å². The second kappa shape index (κ2) is 9.05. The fourth-order valence-electron chi connectivity index (χ4n) is 3.51. The number of benzene rings is 2. The van der Waals surface area contributed by atoms with E-state index in [1.165, 1.54) is 28.7 Å². The maximum atomic E-state index is 13.8. The summed E-state index contributed by atoms with van der Waals surface area (Å²) in [6.07, 6.45) is 1.50. The van der Waals surface area contributed by atoms with E-state index >= 15 is 0 Å². The quantitative estimate of drug-likeness (QED) is 0.640. The van der Waals surface area contributed by atoms with Gasteiger partial charge in [-0.1, -0.05) is 29.8 Å². The van der Waals surface area contributed by atoms with E-state index in [2.05, 4.69) is 10.3 Å². The number of nitrogens with one attached hydrogen (secondary N) is 1. The number of sulfonamides is 1. The predicted octanol–water partition coefficient (Wildman–Crippen LogP) is 3.29. The predicted molar refractivity (Wildman–Crippen MR) is 121 cm³/mol. The Labute approximate surface area is 186 Å². The third-order valence-electron chi connectivity index (χ3n) is 5.35. The molecule has 166 valence electrons. The van der Waals surface area contributed by atoms with Gasteiger partial charge >= 0.3 is 0 Å². The van der Waals surface area contributed by atoms with Crippen LogP contribution in [-0.4, -0.2) is 49.8 Å². The molecular formula is C23H23FN4O3S. The Morgan fingerprint density at radius 1 is 0.969 bits per heavy atom. The molecule has 0 unspecified atom stereocenters. The standard InChI is InChI=1S/C23H23FN4O3S/c1-17-6-9-19(10-7-17)32(30,31)28-14-12-27(13-15-28)22-11-8-18(16-25-22)26-23(29)20-4-2-3-5-21(20)24/h2-11,16H,12-15H2,1H3,(H,26,29). The van der Waals surface area contributed by atoms with E-state index in [-0.39, 0.29) is 5.56 Å². The molecule has 7 nitrogen and oxygen atoms in total. The number of carbonyl (C=O) groups excluding carboxylic acids is 1. The monoisotopic (exact) mass is 454 g/mol. The maximum Gasteiger partial charge on any atom is 0.258 e. The minimum atomic E-state index is -3.53. The van der Waals surface area contributed by atoms with Gasteiger partial charge in [0.2, 0.25) is 10.0 Å². The van der Waals surface area contributed by atoms with Gasteiger partial charge in [-0.25, -0.2) is 17.8 Å². The van der Waals surface area contributed by atoms with E-state index in [1.54, 1.807) is 42.5 Å². The van der Waals surface area contributed by atoms with Gasteiger partial charge in [0.1, 0.15) is 11.6 Å². The largest absolute Gasteiger partial charge is 0.354 e. The molecule has 1 N–H and O–H groups in total. The Kier molecular flexibility index (Phi) is 6.20. The van der Waals surface area contributed by atoms with E-state index in [0.717, 1.165) is 5.56 Å². The summed E-state index contributed by atoms with van der Waals surface area (Å²) in [4.78, 5) is 18.9. The van der Waals surface area contributed by atoms with Gasteiger partial charge in [-0.3, -0.25) is 4.79 Å². The molecule has 0 aliphatic carbocycles. The molecule has 1 aliphatic rings. The number of nitrogens with zero attached hydrogens (tertiary/aromatic N) is 3. The van der Waals surface area contributed by atoms with Crippen LogP contribution in [0.25, 0.3) is 0 Å². The average molecular weight is 455 g/mol. The number of amides is 1. The van der Waals surface area contributed by atoms with Crippen molar-refractivity contribution in [3.63, 3.8) is 0 Å². The molecule has 1 fully saturated rings. The zero-order valence-corrected chi connectivity index (χ0v) is 18.3. The van der Waals surface area contributed by atoms with Crippen LogP contribution >= 0.6 is 0 Å². The first-order chi connectivity index (χ1) is 15.3. The van der Waals surface area contributed by atoms with Crippen molar-refractivity contribution in [1.82, 2.24) is 9.29 Å². The summed E-state index contributed by atoms with van der Waals surface area (Å²) in [6.45, 7) is 3.62. The van der Waals surface area contributed by atoms with E-state index < -0.39 is 21.7 Å². The molecule has 0 spiro atoms. The zero-order chi connectivity index (χ0) is 22.7. The van der Waals surface area contributed by atoms with Gasteiger partial charge in [0.15, 0.2) is 0 Å². The molecule has 3 aromatic rings. The molecule has 1 aromatic heterocycles. The molecule has 1 amide bonds. The number of aryl methyl sites for hydroxylation is 1. The average Bonchev–Trinajstić information content (AvgIpc) is 2.80. The number of anilines is 2. The van der Waals surface area contributed by atoms with Crippen molar-refractivity contribution >= 4 is 27.4 Å². The second-order valence-corrected chi connectivity index (χ2v) is 9.48. The van der Waals surface area contributed by atoms with Crippen molar-refractivity contribution < 1.29 is 17.6 Å². The molecule has 2 aromatic carbocycles. The summed E-state index contributed by atoms with van der Waals surface area (Å²) in [6, 6.07) is 16.0. The van der Waals surface area contributed by atoms with Crippen LogP contribution in [-0.2, 0) is 10.0 Å². The van der Waals surface area contributed by atoms with Crippen LogP contribution in [0.1, 0.15) is 15.9 Å². The molecular weight excluding hydrogens is 431 g/mol. The lowest BCUT2D eigenvalue weighted by atomic mass is 10.2. The highest BCUT2D eigenvalue weighted by molar-refractivity contribution is 7.89. The normalized spacial score (nSPS) is 14.9. The lowest BCUT2D eigenvalue weighted by Gasteiger charge is -2.34. The number of halogens is 1. The van der Waals surface area contributed by atoms with Gasteiger partial charge in [0, 0.05) is 26.2 Å². The number of pyridine rings is 1. The van der Waals surface area contributed by atoms with Crippen molar-refractivity contribution in [2.75, 3.05) is 36.4 Å². The van der Waals surface area contributed by atoms with Crippen molar-refractivity contribution in [3.8, 4) is 0 Å².